The summed E-state index contributed by atoms with van der Waals surface area (Å²) in [6.45, 7) is -0.0458. The van der Waals surface area contributed by atoms with E-state index < -0.39 is 0 Å². The molecule has 1 aromatic heterocycles. The zero-order chi connectivity index (χ0) is 17.4. The summed E-state index contributed by atoms with van der Waals surface area (Å²) < 4.78 is 5.35. The average Bonchev–Trinajstić information content (AvgIpc) is 3.06. The summed E-state index contributed by atoms with van der Waals surface area (Å²) in [4.78, 5) is 16.7. The minimum Gasteiger partial charge on any atom is -0.496 e. The van der Waals surface area contributed by atoms with E-state index in [1.54, 1.807) is 18.9 Å². The molecule has 1 heterocycles. The number of thioether (sulfide) groups is 1. The van der Waals surface area contributed by atoms with Crippen LogP contribution in [0.5, 0.6) is 5.75 Å². The van der Waals surface area contributed by atoms with Gasteiger partial charge < -0.3 is 15.2 Å². The summed E-state index contributed by atoms with van der Waals surface area (Å²) in [5, 5.41) is 14.9. The molecule has 2 aromatic rings. The lowest BCUT2D eigenvalue weighted by atomic mass is 10.2. The van der Waals surface area contributed by atoms with E-state index in [9.17, 15) is 9.90 Å². The van der Waals surface area contributed by atoms with E-state index in [-0.39, 0.29) is 25.0 Å². The van der Waals surface area contributed by atoms with Gasteiger partial charge in [0.2, 0.25) is 5.91 Å². The number of ether oxygens (including phenoxy) is 1. The number of carbonyl (C=O) groups excluding carboxylic acids is 1. The minimum absolute atomic E-state index is 0.0458. The molecule has 0 aliphatic carbocycles. The summed E-state index contributed by atoms with van der Waals surface area (Å²) >= 11 is 3.18. The van der Waals surface area contributed by atoms with Gasteiger partial charge in [0.15, 0.2) is 0 Å². The van der Waals surface area contributed by atoms with Crippen molar-refractivity contribution >= 4 is 29.0 Å². The Balaban J connectivity index is 1.99. The quantitative estimate of drug-likeness (QED) is 0.714. The largest absolute Gasteiger partial charge is 0.496 e. The molecule has 1 unspecified atom stereocenters. The lowest BCUT2D eigenvalue weighted by molar-refractivity contribution is -0.121. The van der Waals surface area contributed by atoms with Gasteiger partial charge >= 0.3 is 0 Å². The van der Waals surface area contributed by atoms with Gasteiger partial charge in [-0.3, -0.25) is 4.79 Å². The third-order valence-corrected chi connectivity index (χ3v) is 5.06. The molecule has 7 heteroatoms. The number of para-hydroxylation sites is 1. The number of methoxy groups -OCH3 is 1. The van der Waals surface area contributed by atoms with E-state index in [2.05, 4.69) is 10.3 Å². The Labute approximate surface area is 150 Å². The predicted molar refractivity (Wildman–Crippen MR) is 99.8 cm³/mol. The van der Waals surface area contributed by atoms with E-state index in [0.29, 0.717) is 0 Å². The van der Waals surface area contributed by atoms with Gasteiger partial charge in [-0.2, -0.15) is 11.8 Å². The summed E-state index contributed by atoms with van der Waals surface area (Å²) in [5.41, 5.74) is 1.64. The average molecular weight is 367 g/mol. The molecule has 0 radical (unpaired) electrons. The van der Waals surface area contributed by atoms with E-state index in [1.165, 1.54) is 11.3 Å². The number of hydrogen-bond donors (Lipinski definition) is 2. The third kappa shape index (κ3) is 5.22. The van der Waals surface area contributed by atoms with Crippen molar-refractivity contribution in [3.05, 3.63) is 35.3 Å². The van der Waals surface area contributed by atoms with Crippen LogP contribution in [0.3, 0.4) is 0 Å². The molecule has 1 atom stereocenters. The number of rotatable bonds is 9. The number of nitrogens with one attached hydrogen (secondary N) is 1. The van der Waals surface area contributed by atoms with Crippen molar-refractivity contribution in [2.75, 3.05) is 25.7 Å². The maximum atomic E-state index is 12.1. The Bertz CT molecular complexity index is 661. The Hall–Kier alpha value is -1.57. The van der Waals surface area contributed by atoms with Gasteiger partial charge in [-0.15, -0.1) is 11.3 Å². The van der Waals surface area contributed by atoms with Crippen LogP contribution in [0.15, 0.2) is 29.6 Å². The highest BCUT2D eigenvalue weighted by molar-refractivity contribution is 7.98. The molecule has 1 aromatic carbocycles. The number of hydrogen-bond acceptors (Lipinski definition) is 6. The van der Waals surface area contributed by atoms with Crippen LogP contribution in [0.2, 0.25) is 0 Å². The van der Waals surface area contributed by atoms with Crippen molar-refractivity contribution in [3.63, 3.8) is 0 Å². The molecule has 0 aliphatic heterocycles. The van der Waals surface area contributed by atoms with E-state index in [4.69, 9.17) is 4.74 Å². The first kappa shape index (κ1) is 18.8. The number of nitrogens with zero attached hydrogens (tertiary/aromatic N) is 1. The highest BCUT2D eigenvalue weighted by Crippen LogP contribution is 2.31. The standard InChI is InChI=1S/C17H22N2O3S2/c1-22-15-6-4-3-5-14(15)17-19-13(11-24-17)9-16(21)18-12(10-20)7-8-23-2/h3-6,11-12,20H,7-10H2,1-2H3,(H,18,21). The zero-order valence-electron chi connectivity index (χ0n) is 13.8. The maximum Gasteiger partial charge on any atom is 0.226 e. The van der Waals surface area contributed by atoms with Gasteiger partial charge in [-0.25, -0.2) is 4.98 Å². The summed E-state index contributed by atoms with van der Waals surface area (Å²) in [6.07, 6.45) is 2.97. The molecule has 24 heavy (non-hydrogen) atoms. The third-order valence-electron chi connectivity index (χ3n) is 3.49. The molecule has 5 nitrogen and oxygen atoms in total. The number of carbonyl (C=O) groups is 1. The number of aromatic nitrogens is 1. The van der Waals surface area contributed by atoms with Crippen LogP contribution in [0.4, 0.5) is 0 Å². The lowest BCUT2D eigenvalue weighted by Crippen LogP contribution is -2.38. The molecule has 2 rings (SSSR count). The highest BCUT2D eigenvalue weighted by Gasteiger charge is 2.14. The molecule has 0 aliphatic rings. The fraction of sp³-hybridized carbons (Fsp3) is 0.412. The summed E-state index contributed by atoms with van der Waals surface area (Å²) in [5.74, 6) is 1.55. The van der Waals surface area contributed by atoms with E-state index in [1.807, 2.05) is 35.9 Å². The molecular weight excluding hydrogens is 344 g/mol. The first-order valence-corrected chi connectivity index (χ1v) is 9.92. The minimum atomic E-state index is -0.197. The smallest absolute Gasteiger partial charge is 0.226 e. The van der Waals surface area contributed by atoms with Crippen LogP contribution in [0.25, 0.3) is 10.6 Å². The van der Waals surface area contributed by atoms with Crippen LogP contribution in [0.1, 0.15) is 12.1 Å². The summed E-state index contributed by atoms with van der Waals surface area (Å²) in [7, 11) is 1.63. The molecule has 0 bridgehead atoms. The lowest BCUT2D eigenvalue weighted by Gasteiger charge is -2.15. The van der Waals surface area contributed by atoms with Crippen molar-refractivity contribution in [1.29, 1.82) is 0 Å². The van der Waals surface area contributed by atoms with Gasteiger partial charge in [0.05, 0.1) is 37.4 Å². The Kier molecular flexibility index (Phi) is 7.55. The first-order valence-electron chi connectivity index (χ1n) is 7.64. The number of benzene rings is 1. The van der Waals surface area contributed by atoms with Crippen molar-refractivity contribution < 1.29 is 14.6 Å². The molecule has 0 saturated heterocycles. The second-order valence-corrected chi connectivity index (χ2v) is 7.09. The second kappa shape index (κ2) is 9.66. The normalized spacial score (nSPS) is 12.0. The molecule has 0 fully saturated rings. The number of amides is 1. The van der Waals surface area contributed by atoms with Crippen LogP contribution < -0.4 is 10.1 Å². The number of aliphatic hydroxyl groups is 1. The second-order valence-electron chi connectivity index (χ2n) is 5.25. The van der Waals surface area contributed by atoms with Crippen LogP contribution in [-0.2, 0) is 11.2 Å². The van der Waals surface area contributed by atoms with E-state index >= 15 is 0 Å². The molecule has 0 spiro atoms. The Morgan fingerprint density at radius 2 is 2.25 bits per heavy atom. The van der Waals surface area contributed by atoms with Crippen molar-refractivity contribution in [3.8, 4) is 16.3 Å². The van der Waals surface area contributed by atoms with Crippen molar-refractivity contribution in [2.45, 2.75) is 18.9 Å². The first-order chi connectivity index (χ1) is 11.7. The van der Waals surface area contributed by atoms with Gasteiger partial charge in [0.25, 0.3) is 0 Å². The molecule has 1 amide bonds. The van der Waals surface area contributed by atoms with Crippen molar-refractivity contribution in [2.24, 2.45) is 0 Å². The maximum absolute atomic E-state index is 12.1. The van der Waals surface area contributed by atoms with Gasteiger partial charge in [0.1, 0.15) is 10.8 Å². The van der Waals surface area contributed by atoms with Gasteiger partial charge in [-0.05, 0) is 30.6 Å². The van der Waals surface area contributed by atoms with Crippen molar-refractivity contribution in [1.82, 2.24) is 10.3 Å². The number of thiazole rings is 1. The predicted octanol–water partition coefficient (Wildman–Crippen LogP) is 2.59. The molecule has 0 saturated carbocycles. The zero-order valence-corrected chi connectivity index (χ0v) is 15.5. The fourth-order valence-corrected chi connectivity index (χ4v) is 3.62. The molecule has 2 N–H and O–H groups in total. The Morgan fingerprint density at radius 1 is 1.46 bits per heavy atom. The molecular formula is C17H22N2O3S2. The monoisotopic (exact) mass is 366 g/mol. The van der Waals surface area contributed by atoms with Crippen LogP contribution >= 0.6 is 23.1 Å². The van der Waals surface area contributed by atoms with Gasteiger partial charge in [0, 0.05) is 5.38 Å². The molecule has 130 valence electrons. The summed E-state index contributed by atoms with van der Waals surface area (Å²) in [6, 6.07) is 7.49. The van der Waals surface area contributed by atoms with Gasteiger partial charge in [-0.1, -0.05) is 12.1 Å². The van der Waals surface area contributed by atoms with Crippen LogP contribution in [0, 0.1) is 0 Å². The van der Waals surface area contributed by atoms with Crippen LogP contribution in [-0.4, -0.2) is 47.8 Å². The topological polar surface area (TPSA) is 71.5 Å². The SMILES string of the molecule is COc1ccccc1-c1nc(CC(=O)NC(CO)CCSC)cs1. The highest BCUT2D eigenvalue weighted by atomic mass is 32.2. The number of aliphatic hydroxyl groups excluding tert-OH is 1. The van der Waals surface area contributed by atoms with E-state index in [0.717, 1.165) is 34.2 Å². The fourth-order valence-electron chi connectivity index (χ4n) is 2.25. The Morgan fingerprint density at radius 3 is 2.96 bits per heavy atom.